The molecule has 8 unspecified atom stereocenters. The van der Waals surface area contributed by atoms with Crippen LogP contribution in [-0.4, -0.2) is 23.8 Å². The van der Waals surface area contributed by atoms with E-state index in [-0.39, 0.29) is 33.4 Å². The minimum absolute atomic E-state index is 0.0430. The van der Waals surface area contributed by atoms with Gasteiger partial charge in [0.25, 0.3) is 0 Å². The predicted octanol–water partition coefficient (Wildman–Crippen LogP) is 5.36. The molecule has 0 radical (unpaired) electrons. The Balaban J connectivity index is 1.57. The van der Waals surface area contributed by atoms with Crippen LogP contribution < -0.4 is 0 Å². The van der Waals surface area contributed by atoms with E-state index in [0.29, 0.717) is 35.9 Å². The standard InChI is InChI=1S/C27H40O3/c1-17-19-9-11-26(4)22(24(19,2)14-18(15-28)23(17)30)8-7-20-21-6-5-10-27(21,16-29)13-12-25(20,26)3/h14-15,17,19-22,29H,5-13,16H2,1-4H3/t17?,19?,20?,21?,22?,24?,25-,26?,27?/m1/s1. The lowest BCUT2D eigenvalue weighted by Gasteiger charge is -2.70. The van der Waals surface area contributed by atoms with Gasteiger partial charge in [0.15, 0.2) is 12.1 Å². The minimum atomic E-state index is -0.0637. The van der Waals surface area contributed by atoms with Gasteiger partial charge in [0.05, 0.1) is 5.57 Å². The minimum Gasteiger partial charge on any atom is -0.396 e. The maximum absolute atomic E-state index is 12.8. The van der Waals surface area contributed by atoms with Gasteiger partial charge in [-0.3, -0.25) is 9.59 Å². The van der Waals surface area contributed by atoms with Crippen LogP contribution in [0.4, 0.5) is 0 Å². The number of carbonyl (C=O) groups is 2. The fourth-order valence-electron chi connectivity index (χ4n) is 10.2. The van der Waals surface area contributed by atoms with Crippen molar-refractivity contribution in [3.8, 4) is 0 Å². The molecule has 5 rings (SSSR count). The van der Waals surface area contributed by atoms with E-state index in [2.05, 4.69) is 33.8 Å². The number of carbonyl (C=O) groups excluding carboxylic acids is 2. The summed E-state index contributed by atoms with van der Waals surface area (Å²) in [5.74, 6) is 2.29. The second-order valence-corrected chi connectivity index (χ2v) is 12.5. The third-order valence-corrected chi connectivity index (χ3v) is 12.0. The summed E-state index contributed by atoms with van der Waals surface area (Å²) in [4.78, 5) is 24.5. The van der Waals surface area contributed by atoms with Gasteiger partial charge in [-0.15, -0.1) is 0 Å². The first kappa shape index (κ1) is 20.9. The van der Waals surface area contributed by atoms with E-state index < -0.39 is 0 Å². The van der Waals surface area contributed by atoms with Gasteiger partial charge >= 0.3 is 0 Å². The monoisotopic (exact) mass is 412 g/mol. The SMILES string of the molecule is CC1C(=O)C(C=O)=CC2(C)C1CCC1(C)C2CCC2C3CCCC3(CO)CC[C@]21C. The van der Waals surface area contributed by atoms with E-state index in [9.17, 15) is 14.7 Å². The molecule has 0 saturated heterocycles. The summed E-state index contributed by atoms with van der Waals surface area (Å²) < 4.78 is 0. The van der Waals surface area contributed by atoms with E-state index in [1.165, 1.54) is 51.4 Å². The van der Waals surface area contributed by atoms with Crippen molar-refractivity contribution in [1.82, 2.24) is 0 Å². The van der Waals surface area contributed by atoms with Gasteiger partial charge in [0.1, 0.15) is 0 Å². The van der Waals surface area contributed by atoms with E-state index in [0.717, 1.165) is 12.7 Å². The molecule has 30 heavy (non-hydrogen) atoms. The van der Waals surface area contributed by atoms with Crippen LogP contribution in [0.15, 0.2) is 11.6 Å². The number of hydrogen-bond donors (Lipinski definition) is 1. The Morgan fingerprint density at radius 1 is 0.967 bits per heavy atom. The highest BCUT2D eigenvalue weighted by atomic mass is 16.3. The number of aliphatic hydroxyl groups excluding tert-OH is 1. The molecule has 5 aliphatic rings. The van der Waals surface area contributed by atoms with Crippen LogP contribution in [-0.2, 0) is 9.59 Å². The van der Waals surface area contributed by atoms with Crippen molar-refractivity contribution in [2.24, 2.45) is 51.2 Å². The molecule has 0 aliphatic heterocycles. The Labute approximate surface area is 182 Å². The molecular formula is C27H40O3. The number of aliphatic hydroxyl groups is 1. The molecule has 3 nitrogen and oxygen atoms in total. The molecule has 0 spiro atoms. The van der Waals surface area contributed by atoms with Crippen LogP contribution in [0.5, 0.6) is 0 Å². The topological polar surface area (TPSA) is 54.4 Å². The second kappa shape index (κ2) is 6.53. The lowest BCUT2D eigenvalue weighted by atomic mass is 9.34. The Morgan fingerprint density at radius 3 is 2.43 bits per heavy atom. The lowest BCUT2D eigenvalue weighted by molar-refractivity contribution is -0.213. The summed E-state index contributed by atoms with van der Waals surface area (Å²) in [6, 6.07) is 0. The molecule has 0 bridgehead atoms. The molecule has 4 saturated carbocycles. The van der Waals surface area contributed by atoms with Crippen LogP contribution in [0, 0.1) is 51.2 Å². The van der Waals surface area contributed by atoms with Crippen molar-refractivity contribution in [1.29, 1.82) is 0 Å². The number of Topliss-reactive ketones (excluding diaryl/α,β-unsaturated/α-hetero) is 1. The average Bonchev–Trinajstić information content (AvgIpc) is 3.16. The van der Waals surface area contributed by atoms with Gasteiger partial charge in [0, 0.05) is 12.5 Å². The molecule has 5 aliphatic carbocycles. The molecule has 0 amide bonds. The number of aldehydes is 1. The second-order valence-electron chi connectivity index (χ2n) is 12.5. The quantitative estimate of drug-likeness (QED) is 0.491. The lowest BCUT2D eigenvalue weighted by Crippen LogP contribution is -2.64. The van der Waals surface area contributed by atoms with E-state index >= 15 is 0 Å². The van der Waals surface area contributed by atoms with Crippen LogP contribution in [0.2, 0.25) is 0 Å². The van der Waals surface area contributed by atoms with Crippen molar-refractivity contribution in [2.75, 3.05) is 6.61 Å². The van der Waals surface area contributed by atoms with E-state index in [4.69, 9.17) is 0 Å². The van der Waals surface area contributed by atoms with Gasteiger partial charge < -0.3 is 5.11 Å². The molecule has 9 atom stereocenters. The molecular weight excluding hydrogens is 372 g/mol. The van der Waals surface area contributed by atoms with Crippen LogP contribution in [0.1, 0.15) is 85.5 Å². The fraction of sp³-hybridized carbons (Fsp3) is 0.852. The number of ketones is 1. The molecule has 4 fully saturated rings. The van der Waals surface area contributed by atoms with Gasteiger partial charge in [0.2, 0.25) is 0 Å². The highest BCUT2D eigenvalue weighted by Crippen LogP contribution is 2.75. The summed E-state index contributed by atoms with van der Waals surface area (Å²) in [7, 11) is 0. The highest BCUT2D eigenvalue weighted by molar-refractivity contribution is 6.13. The number of allylic oxidation sites excluding steroid dienone is 2. The third kappa shape index (κ3) is 2.31. The van der Waals surface area contributed by atoms with Crippen LogP contribution in [0.3, 0.4) is 0 Å². The Bertz CT molecular complexity index is 800. The zero-order valence-electron chi connectivity index (χ0n) is 19.4. The molecule has 0 aromatic carbocycles. The van der Waals surface area contributed by atoms with Crippen molar-refractivity contribution < 1.29 is 14.7 Å². The van der Waals surface area contributed by atoms with Gasteiger partial charge in [-0.05, 0) is 96.7 Å². The summed E-state index contributed by atoms with van der Waals surface area (Å²) in [6.45, 7) is 9.94. The van der Waals surface area contributed by atoms with Crippen molar-refractivity contribution in [2.45, 2.75) is 85.5 Å². The summed E-state index contributed by atoms with van der Waals surface area (Å²) in [5.41, 5.74) is 1.07. The summed E-state index contributed by atoms with van der Waals surface area (Å²) >= 11 is 0. The Kier molecular flexibility index (Phi) is 4.55. The summed E-state index contributed by atoms with van der Waals surface area (Å²) in [5, 5.41) is 10.4. The summed E-state index contributed by atoms with van der Waals surface area (Å²) in [6.07, 6.45) is 13.8. The van der Waals surface area contributed by atoms with Crippen molar-refractivity contribution in [3.63, 3.8) is 0 Å². The van der Waals surface area contributed by atoms with Crippen LogP contribution >= 0.6 is 0 Å². The number of rotatable bonds is 2. The Morgan fingerprint density at radius 2 is 1.73 bits per heavy atom. The molecule has 3 heteroatoms. The maximum Gasteiger partial charge on any atom is 0.168 e. The third-order valence-electron chi connectivity index (χ3n) is 12.0. The van der Waals surface area contributed by atoms with E-state index in [1.807, 2.05) is 0 Å². The zero-order chi connectivity index (χ0) is 21.5. The van der Waals surface area contributed by atoms with Gasteiger partial charge in [-0.25, -0.2) is 0 Å². The van der Waals surface area contributed by atoms with Crippen molar-refractivity contribution >= 4 is 12.1 Å². The van der Waals surface area contributed by atoms with Crippen molar-refractivity contribution in [3.05, 3.63) is 11.6 Å². The number of hydrogen-bond acceptors (Lipinski definition) is 3. The first-order chi connectivity index (χ1) is 14.2. The zero-order valence-corrected chi connectivity index (χ0v) is 19.4. The normalized spacial score (nSPS) is 55.0. The van der Waals surface area contributed by atoms with Gasteiger partial charge in [-0.1, -0.05) is 40.2 Å². The largest absolute Gasteiger partial charge is 0.396 e. The Hall–Kier alpha value is -0.960. The van der Waals surface area contributed by atoms with Crippen LogP contribution in [0.25, 0.3) is 0 Å². The first-order valence-corrected chi connectivity index (χ1v) is 12.5. The molecule has 166 valence electrons. The van der Waals surface area contributed by atoms with Gasteiger partial charge in [-0.2, -0.15) is 0 Å². The number of fused-ring (bicyclic) bond motifs is 7. The smallest absolute Gasteiger partial charge is 0.168 e. The first-order valence-electron chi connectivity index (χ1n) is 12.5. The fourth-order valence-corrected chi connectivity index (χ4v) is 10.2. The average molecular weight is 413 g/mol. The predicted molar refractivity (Wildman–Crippen MR) is 118 cm³/mol. The highest BCUT2D eigenvalue weighted by Gasteiger charge is 2.68. The van der Waals surface area contributed by atoms with E-state index in [1.54, 1.807) is 0 Å². The molecule has 0 aromatic heterocycles. The maximum atomic E-state index is 12.8. The molecule has 0 heterocycles. The molecule has 1 N–H and O–H groups in total. The molecule has 0 aromatic rings.